The maximum absolute atomic E-state index is 6.18. The first kappa shape index (κ1) is 15.4. The number of hydrogen-bond acceptors (Lipinski definition) is 3. The van der Waals surface area contributed by atoms with E-state index < -0.39 is 0 Å². The summed E-state index contributed by atoms with van der Waals surface area (Å²) in [7, 11) is 1.89. The molecule has 0 bridgehead atoms. The van der Waals surface area contributed by atoms with Crippen LogP contribution in [0.2, 0.25) is 0 Å². The summed E-state index contributed by atoms with van der Waals surface area (Å²) in [6.07, 6.45) is 1.93. The summed E-state index contributed by atoms with van der Waals surface area (Å²) in [4.78, 5) is 0. The third kappa shape index (κ3) is 3.57. The number of anilines is 1. The second kappa shape index (κ2) is 6.66. The van der Waals surface area contributed by atoms with Crippen LogP contribution in [0.5, 0.6) is 5.75 Å². The van der Waals surface area contributed by atoms with E-state index in [4.69, 9.17) is 10.5 Å². The number of aromatic nitrogens is 2. The normalized spacial score (nSPS) is 11.1. The highest BCUT2D eigenvalue weighted by Crippen LogP contribution is 2.30. The zero-order chi connectivity index (χ0) is 15.4. The topological polar surface area (TPSA) is 53.1 Å². The molecule has 0 aliphatic rings. The molecule has 2 aromatic rings. The Hall–Kier alpha value is -1.97. The number of rotatable bonds is 6. The molecule has 21 heavy (non-hydrogen) atoms. The Morgan fingerprint density at radius 1 is 1.33 bits per heavy atom. The summed E-state index contributed by atoms with van der Waals surface area (Å²) >= 11 is 0. The molecule has 0 saturated heterocycles. The Bertz CT molecular complexity index is 602. The summed E-state index contributed by atoms with van der Waals surface area (Å²) in [6.45, 7) is 7.21. The summed E-state index contributed by atoms with van der Waals surface area (Å²) in [5.41, 5.74) is 9.33. The Balaban J connectivity index is 2.39. The van der Waals surface area contributed by atoms with Gasteiger partial charge >= 0.3 is 0 Å². The van der Waals surface area contributed by atoms with Crippen molar-refractivity contribution in [3.63, 3.8) is 0 Å². The van der Waals surface area contributed by atoms with Crippen molar-refractivity contribution in [1.29, 1.82) is 0 Å². The van der Waals surface area contributed by atoms with E-state index in [0.717, 1.165) is 47.8 Å². The fraction of sp³-hybridized carbons (Fsp3) is 0.471. The maximum atomic E-state index is 6.18. The fourth-order valence-corrected chi connectivity index (χ4v) is 2.38. The fourth-order valence-electron chi connectivity index (χ4n) is 2.38. The predicted octanol–water partition coefficient (Wildman–Crippen LogP) is 3.66. The zero-order valence-corrected chi connectivity index (χ0v) is 13.4. The molecule has 1 aromatic carbocycles. The summed E-state index contributed by atoms with van der Waals surface area (Å²) < 4.78 is 7.47. The lowest BCUT2D eigenvalue weighted by atomic mass is 9.99. The monoisotopic (exact) mass is 287 g/mol. The standard InChI is InChI=1S/C17H25N3O/c1-5-9-21-14-8-6-7-13(11-14)16-15(10-12(2)3)17(18)20(4)19-16/h6-8,11-12H,5,9-10,18H2,1-4H3. The Morgan fingerprint density at radius 2 is 2.10 bits per heavy atom. The second-order valence-corrected chi connectivity index (χ2v) is 5.81. The highest BCUT2D eigenvalue weighted by molar-refractivity contribution is 5.69. The number of nitrogen functional groups attached to an aromatic ring is 1. The average Bonchev–Trinajstić information content (AvgIpc) is 2.73. The number of hydrogen-bond donors (Lipinski definition) is 1. The van der Waals surface area contributed by atoms with Gasteiger partial charge in [-0.1, -0.05) is 32.9 Å². The van der Waals surface area contributed by atoms with Crippen LogP contribution in [0, 0.1) is 5.92 Å². The minimum Gasteiger partial charge on any atom is -0.494 e. The van der Waals surface area contributed by atoms with E-state index >= 15 is 0 Å². The van der Waals surface area contributed by atoms with Crippen molar-refractivity contribution < 1.29 is 4.74 Å². The molecule has 0 aliphatic carbocycles. The molecule has 4 heteroatoms. The van der Waals surface area contributed by atoms with E-state index in [0.29, 0.717) is 5.92 Å². The first-order valence-electron chi connectivity index (χ1n) is 7.57. The van der Waals surface area contributed by atoms with Gasteiger partial charge in [-0.05, 0) is 30.9 Å². The van der Waals surface area contributed by atoms with Gasteiger partial charge in [0.2, 0.25) is 0 Å². The quantitative estimate of drug-likeness (QED) is 0.882. The van der Waals surface area contributed by atoms with Gasteiger partial charge < -0.3 is 10.5 Å². The molecule has 4 nitrogen and oxygen atoms in total. The molecule has 1 aromatic heterocycles. The van der Waals surface area contributed by atoms with Crippen molar-refractivity contribution >= 4 is 5.82 Å². The molecule has 0 aliphatic heterocycles. The minimum atomic E-state index is 0.537. The average molecular weight is 287 g/mol. The predicted molar refractivity (Wildman–Crippen MR) is 87.4 cm³/mol. The maximum Gasteiger partial charge on any atom is 0.125 e. The summed E-state index contributed by atoms with van der Waals surface area (Å²) in [6, 6.07) is 8.09. The van der Waals surface area contributed by atoms with E-state index in [1.165, 1.54) is 0 Å². The Labute approximate surface area is 126 Å². The van der Waals surface area contributed by atoms with Crippen molar-refractivity contribution in [1.82, 2.24) is 9.78 Å². The molecule has 1 heterocycles. The van der Waals surface area contributed by atoms with Gasteiger partial charge in [-0.3, -0.25) is 4.68 Å². The molecule has 0 spiro atoms. The minimum absolute atomic E-state index is 0.537. The van der Waals surface area contributed by atoms with E-state index in [1.54, 1.807) is 4.68 Å². The highest BCUT2D eigenvalue weighted by atomic mass is 16.5. The largest absolute Gasteiger partial charge is 0.494 e. The molecule has 0 atom stereocenters. The van der Waals surface area contributed by atoms with Crippen molar-refractivity contribution in [2.75, 3.05) is 12.3 Å². The lowest BCUT2D eigenvalue weighted by Gasteiger charge is -2.09. The van der Waals surface area contributed by atoms with Gasteiger partial charge in [0.05, 0.1) is 12.3 Å². The smallest absolute Gasteiger partial charge is 0.125 e. The highest BCUT2D eigenvalue weighted by Gasteiger charge is 2.16. The van der Waals surface area contributed by atoms with Gasteiger partial charge in [0.25, 0.3) is 0 Å². The van der Waals surface area contributed by atoms with Crippen LogP contribution in [0.1, 0.15) is 32.8 Å². The molecular formula is C17H25N3O. The zero-order valence-electron chi connectivity index (χ0n) is 13.4. The van der Waals surface area contributed by atoms with Crippen LogP contribution in [0.3, 0.4) is 0 Å². The van der Waals surface area contributed by atoms with Crippen molar-refractivity contribution in [2.24, 2.45) is 13.0 Å². The molecule has 0 saturated carbocycles. The van der Waals surface area contributed by atoms with Crippen LogP contribution < -0.4 is 10.5 Å². The molecule has 0 amide bonds. The number of benzene rings is 1. The van der Waals surface area contributed by atoms with Gasteiger partial charge in [-0.25, -0.2) is 0 Å². The van der Waals surface area contributed by atoms with Gasteiger partial charge in [0, 0.05) is 18.2 Å². The Morgan fingerprint density at radius 3 is 2.76 bits per heavy atom. The molecule has 0 radical (unpaired) electrons. The van der Waals surface area contributed by atoms with Crippen molar-refractivity contribution in [3.05, 3.63) is 29.8 Å². The van der Waals surface area contributed by atoms with Gasteiger partial charge in [-0.15, -0.1) is 0 Å². The van der Waals surface area contributed by atoms with Gasteiger partial charge in [0.1, 0.15) is 11.6 Å². The molecule has 114 valence electrons. The summed E-state index contributed by atoms with van der Waals surface area (Å²) in [5.74, 6) is 2.17. The molecular weight excluding hydrogens is 262 g/mol. The van der Waals surface area contributed by atoms with Crippen LogP contribution >= 0.6 is 0 Å². The van der Waals surface area contributed by atoms with Crippen LogP contribution in [0.4, 0.5) is 5.82 Å². The van der Waals surface area contributed by atoms with Crippen LogP contribution in [-0.2, 0) is 13.5 Å². The van der Waals surface area contributed by atoms with E-state index in [2.05, 4.69) is 31.9 Å². The van der Waals surface area contributed by atoms with E-state index in [-0.39, 0.29) is 0 Å². The van der Waals surface area contributed by atoms with Crippen molar-refractivity contribution in [2.45, 2.75) is 33.6 Å². The van der Waals surface area contributed by atoms with E-state index in [1.807, 2.05) is 25.2 Å². The molecule has 0 fully saturated rings. The SMILES string of the molecule is CCCOc1cccc(-c2nn(C)c(N)c2CC(C)C)c1. The van der Waals surface area contributed by atoms with E-state index in [9.17, 15) is 0 Å². The van der Waals surface area contributed by atoms with Crippen molar-refractivity contribution in [3.8, 4) is 17.0 Å². The van der Waals surface area contributed by atoms with Crippen LogP contribution in [-0.4, -0.2) is 16.4 Å². The lowest BCUT2D eigenvalue weighted by Crippen LogP contribution is -2.02. The molecule has 0 unspecified atom stereocenters. The van der Waals surface area contributed by atoms with Crippen LogP contribution in [0.25, 0.3) is 11.3 Å². The van der Waals surface area contributed by atoms with Gasteiger partial charge in [0.15, 0.2) is 0 Å². The number of aryl methyl sites for hydroxylation is 1. The third-order valence-corrected chi connectivity index (χ3v) is 3.39. The molecule has 2 N–H and O–H groups in total. The molecule has 2 rings (SSSR count). The lowest BCUT2D eigenvalue weighted by molar-refractivity contribution is 0.317. The number of nitrogens with zero attached hydrogens (tertiary/aromatic N) is 2. The third-order valence-electron chi connectivity index (χ3n) is 3.39. The van der Waals surface area contributed by atoms with Gasteiger partial charge in [-0.2, -0.15) is 5.10 Å². The number of ether oxygens (including phenoxy) is 1. The first-order chi connectivity index (χ1) is 10.0. The first-order valence-corrected chi connectivity index (χ1v) is 7.57. The Kier molecular flexibility index (Phi) is 4.89. The second-order valence-electron chi connectivity index (χ2n) is 5.81. The summed E-state index contributed by atoms with van der Waals surface area (Å²) in [5, 5.41) is 4.59. The van der Waals surface area contributed by atoms with Crippen LogP contribution in [0.15, 0.2) is 24.3 Å². The number of nitrogens with two attached hydrogens (primary N) is 1.